The molecule has 0 saturated carbocycles. The minimum atomic E-state index is 0.506. The van der Waals surface area contributed by atoms with Crippen molar-refractivity contribution in [1.82, 2.24) is 20.3 Å². The number of nitrogens with zero attached hydrogens (tertiary/aromatic N) is 3. The molecule has 2 aromatic heterocycles. The summed E-state index contributed by atoms with van der Waals surface area (Å²) < 4.78 is 7.09. The molecule has 0 amide bonds. The molecule has 2 rings (SSSR count). The lowest BCUT2D eigenvalue weighted by molar-refractivity contribution is 0.387. The van der Waals surface area contributed by atoms with E-state index in [-0.39, 0.29) is 0 Å². The molecule has 0 fully saturated rings. The van der Waals surface area contributed by atoms with Gasteiger partial charge in [0.1, 0.15) is 5.76 Å². The molecule has 104 valence electrons. The van der Waals surface area contributed by atoms with Gasteiger partial charge in [0.2, 0.25) is 0 Å². The predicted octanol–water partition coefficient (Wildman–Crippen LogP) is 2.83. The summed E-state index contributed by atoms with van der Waals surface area (Å²) in [6, 6.07) is 4.52. The average Bonchev–Trinajstić information content (AvgIpc) is 3.01. The van der Waals surface area contributed by atoms with Gasteiger partial charge in [-0.3, -0.25) is 4.68 Å². The van der Waals surface area contributed by atoms with Gasteiger partial charge in [-0.05, 0) is 25.8 Å². The molecule has 0 unspecified atom stereocenters. The zero-order chi connectivity index (χ0) is 13.7. The van der Waals surface area contributed by atoms with Crippen LogP contribution in [0, 0.1) is 6.92 Å². The van der Waals surface area contributed by atoms with Crippen molar-refractivity contribution in [3.8, 4) is 0 Å². The quantitative estimate of drug-likeness (QED) is 0.833. The number of aromatic nitrogens is 3. The van der Waals surface area contributed by atoms with Crippen molar-refractivity contribution in [3.05, 3.63) is 35.5 Å². The Balaban J connectivity index is 1.83. The summed E-state index contributed by atoms with van der Waals surface area (Å²) in [4.78, 5) is 0. The first-order valence-electron chi connectivity index (χ1n) is 6.89. The Morgan fingerprint density at radius 1 is 1.26 bits per heavy atom. The molecule has 0 atom stereocenters. The number of rotatable bonds is 7. The topological polar surface area (TPSA) is 55.9 Å². The van der Waals surface area contributed by atoms with Gasteiger partial charge in [-0.25, -0.2) is 0 Å². The fraction of sp³-hybridized carbons (Fsp3) is 0.571. The Bertz CT molecular complexity index is 499. The first-order chi connectivity index (χ1) is 9.22. The van der Waals surface area contributed by atoms with Gasteiger partial charge in [-0.15, -0.1) is 0 Å². The van der Waals surface area contributed by atoms with Gasteiger partial charge in [0.05, 0.1) is 17.4 Å². The fourth-order valence-corrected chi connectivity index (χ4v) is 2.16. The summed E-state index contributed by atoms with van der Waals surface area (Å²) in [5, 5.41) is 11.9. The highest BCUT2D eigenvalue weighted by Gasteiger charge is 2.07. The second kappa shape index (κ2) is 6.52. The van der Waals surface area contributed by atoms with E-state index in [0.717, 1.165) is 36.5 Å². The van der Waals surface area contributed by atoms with Crippen LogP contribution in [-0.4, -0.2) is 14.9 Å². The largest absolute Gasteiger partial charge is 0.361 e. The Hall–Kier alpha value is -1.62. The van der Waals surface area contributed by atoms with Crippen LogP contribution in [0.1, 0.15) is 49.9 Å². The van der Waals surface area contributed by atoms with Gasteiger partial charge < -0.3 is 9.84 Å². The molecule has 0 bridgehead atoms. The summed E-state index contributed by atoms with van der Waals surface area (Å²) in [7, 11) is 0. The summed E-state index contributed by atoms with van der Waals surface area (Å²) in [5.74, 6) is 0.842. The van der Waals surface area contributed by atoms with E-state index in [1.165, 1.54) is 0 Å². The zero-order valence-corrected chi connectivity index (χ0v) is 11.9. The minimum absolute atomic E-state index is 0.506. The molecule has 2 heterocycles. The van der Waals surface area contributed by atoms with Crippen molar-refractivity contribution >= 4 is 0 Å². The van der Waals surface area contributed by atoms with Crippen molar-refractivity contribution in [2.45, 2.75) is 52.7 Å². The van der Waals surface area contributed by atoms with E-state index in [2.05, 4.69) is 46.4 Å². The van der Waals surface area contributed by atoms with Crippen LogP contribution >= 0.6 is 0 Å². The van der Waals surface area contributed by atoms with E-state index in [1.54, 1.807) is 0 Å². The van der Waals surface area contributed by atoms with Crippen molar-refractivity contribution in [3.63, 3.8) is 0 Å². The molecule has 0 saturated heterocycles. The van der Waals surface area contributed by atoms with E-state index >= 15 is 0 Å². The lowest BCUT2D eigenvalue weighted by atomic mass is 10.2. The van der Waals surface area contributed by atoms with Gasteiger partial charge in [0, 0.05) is 25.4 Å². The molecule has 0 spiro atoms. The molecule has 0 aromatic carbocycles. The second-order valence-electron chi connectivity index (χ2n) is 4.79. The Morgan fingerprint density at radius 2 is 2.00 bits per heavy atom. The Labute approximate surface area is 114 Å². The highest BCUT2D eigenvalue weighted by atomic mass is 16.5. The highest BCUT2D eigenvalue weighted by Crippen LogP contribution is 2.14. The van der Waals surface area contributed by atoms with Gasteiger partial charge in [0.15, 0.2) is 0 Å². The highest BCUT2D eigenvalue weighted by molar-refractivity contribution is 5.04. The van der Waals surface area contributed by atoms with Crippen molar-refractivity contribution in [1.29, 1.82) is 0 Å². The first-order valence-corrected chi connectivity index (χ1v) is 6.89. The van der Waals surface area contributed by atoms with Gasteiger partial charge in [-0.2, -0.15) is 5.10 Å². The fourth-order valence-electron chi connectivity index (χ4n) is 2.16. The number of hydrogen-bond acceptors (Lipinski definition) is 4. The van der Waals surface area contributed by atoms with Crippen LogP contribution in [0.3, 0.4) is 0 Å². The molecular formula is C14H22N4O. The van der Waals surface area contributed by atoms with Crippen molar-refractivity contribution in [2.24, 2.45) is 0 Å². The van der Waals surface area contributed by atoms with Crippen LogP contribution in [0.4, 0.5) is 0 Å². The summed E-state index contributed by atoms with van der Waals surface area (Å²) in [5.41, 5.74) is 1.99. The maximum absolute atomic E-state index is 5.02. The number of aryl methyl sites for hydroxylation is 1. The SMILES string of the molecule is CCC(CC)n1ccc(CNCc2cc(C)on2)n1. The van der Waals surface area contributed by atoms with Crippen LogP contribution in [0.15, 0.2) is 22.9 Å². The first kappa shape index (κ1) is 13.8. The predicted molar refractivity (Wildman–Crippen MR) is 73.6 cm³/mol. The maximum Gasteiger partial charge on any atom is 0.133 e. The molecule has 0 aliphatic heterocycles. The molecule has 0 radical (unpaired) electrons. The maximum atomic E-state index is 5.02. The molecule has 1 N–H and O–H groups in total. The van der Waals surface area contributed by atoms with E-state index in [0.29, 0.717) is 12.6 Å². The zero-order valence-electron chi connectivity index (χ0n) is 11.9. The standard InChI is InChI=1S/C14H22N4O/c1-4-14(5-2)18-7-6-12(16-18)9-15-10-13-8-11(3)19-17-13/h6-8,14-15H,4-5,9-10H2,1-3H3. The molecule has 0 aliphatic rings. The molecule has 5 heteroatoms. The van der Waals surface area contributed by atoms with Gasteiger partial charge in [-0.1, -0.05) is 19.0 Å². The third-order valence-corrected chi connectivity index (χ3v) is 3.27. The molecular weight excluding hydrogens is 240 g/mol. The Kier molecular flexibility index (Phi) is 4.74. The van der Waals surface area contributed by atoms with Crippen LogP contribution in [0.2, 0.25) is 0 Å². The van der Waals surface area contributed by atoms with Crippen LogP contribution < -0.4 is 5.32 Å². The third kappa shape index (κ3) is 3.67. The Morgan fingerprint density at radius 3 is 2.63 bits per heavy atom. The molecule has 5 nitrogen and oxygen atoms in total. The average molecular weight is 262 g/mol. The number of nitrogens with one attached hydrogen (secondary N) is 1. The van der Waals surface area contributed by atoms with Crippen LogP contribution in [0.25, 0.3) is 0 Å². The van der Waals surface area contributed by atoms with Crippen molar-refractivity contribution in [2.75, 3.05) is 0 Å². The second-order valence-corrected chi connectivity index (χ2v) is 4.79. The normalized spacial score (nSPS) is 11.4. The summed E-state index contributed by atoms with van der Waals surface area (Å²) in [6.07, 6.45) is 4.29. The number of hydrogen-bond donors (Lipinski definition) is 1. The summed E-state index contributed by atoms with van der Waals surface area (Å²) in [6.45, 7) is 7.74. The van der Waals surface area contributed by atoms with Gasteiger partial charge >= 0.3 is 0 Å². The van der Waals surface area contributed by atoms with E-state index < -0.39 is 0 Å². The lowest BCUT2D eigenvalue weighted by Crippen LogP contribution is -2.14. The lowest BCUT2D eigenvalue weighted by Gasteiger charge is -2.12. The molecule has 0 aliphatic carbocycles. The summed E-state index contributed by atoms with van der Waals surface area (Å²) >= 11 is 0. The minimum Gasteiger partial charge on any atom is -0.361 e. The monoisotopic (exact) mass is 262 g/mol. The molecule has 19 heavy (non-hydrogen) atoms. The van der Waals surface area contributed by atoms with Crippen LogP contribution in [-0.2, 0) is 13.1 Å². The van der Waals surface area contributed by atoms with E-state index in [4.69, 9.17) is 4.52 Å². The van der Waals surface area contributed by atoms with Crippen molar-refractivity contribution < 1.29 is 4.52 Å². The van der Waals surface area contributed by atoms with Gasteiger partial charge in [0.25, 0.3) is 0 Å². The molecule has 2 aromatic rings. The van der Waals surface area contributed by atoms with E-state index in [1.807, 2.05) is 13.0 Å². The van der Waals surface area contributed by atoms with E-state index in [9.17, 15) is 0 Å². The van der Waals surface area contributed by atoms with Crippen LogP contribution in [0.5, 0.6) is 0 Å². The smallest absolute Gasteiger partial charge is 0.133 e. The third-order valence-electron chi connectivity index (χ3n) is 3.27.